The zero-order chi connectivity index (χ0) is 15.6. The Kier molecular flexibility index (Phi) is 4.50. The van der Waals surface area contributed by atoms with Gasteiger partial charge in [0.1, 0.15) is 10.6 Å². The van der Waals surface area contributed by atoms with Crippen molar-refractivity contribution in [3.63, 3.8) is 0 Å². The Labute approximate surface area is 122 Å². The highest BCUT2D eigenvalue weighted by Crippen LogP contribution is 2.29. The fraction of sp³-hybridized carbons (Fsp3) is 0.462. The molecular formula is C13H17NO6S. The number of rotatable bonds is 4. The molecule has 1 heterocycles. The van der Waals surface area contributed by atoms with Crippen molar-refractivity contribution < 1.29 is 28.2 Å². The van der Waals surface area contributed by atoms with Crippen LogP contribution in [0.15, 0.2) is 23.1 Å². The van der Waals surface area contributed by atoms with Crippen molar-refractivity contribution in [2.75, 3.05) is 20.2 Å². The van der Waals surface area contributed by atoms with Gasteiger partial charge in [-0.05, 0) is 31.0 Å². The average Bonchev–Trinajstić information content (AvgIpc) is 2.46. The standard InChI is InChI=1S/C13H17NO6S/c1-20-11-3-2-9(13(16)17)8-12(11)21(18,19)14-6-4-10(15)5-7-14/h2-3,8,10,15H,4-7H2,1H3,(H,16,17). The van der Waals surface area contributed by atoms with Crippen molar-refractivity contribution in [1.82, 2.24) is 4.31 Å². The van der Waals surface area contributed by atoms with Gasteiger partial charge in [-0.25, -0.2) is 13.2 Å². The molecule has 0 saturated carbocycles. The van der Waals surface area contributed by atoms with Crippen molar-refractivity contribution in [2.24, 2.45) is 0 Å². The van der Waals surface area contributed by atoms with E-state index >= 15 is 0 Å². The highest BCUT2D eigenvalue weighted by atomic mass is 32.2. The minimum absolute atomic E-state index is 0.103. The van der Waals surface area contributed by atoms with Crippen molar-refractivity contribution >= 4 is 16.0 Å². The van der Waals surface area contributed by atoms with Crippen LogP contribution in [0.25, 0.3) is 0 Å². The van der Waals surface area contributed by atoms with Crippen LogP contribution in [0.4, 0.5) is 0 Å². The maximum Gasteiger partial charge on any atom is 0.335 e. The van der Waals surface area contributed by atoms with E-state index in [1.165, 1.54) is 23.5 Å². The summed E-state index contributed by atoms with van der Waals surface area (Å²) >= 11 is 0. The highest BCUT2D eigenvalue weighted by molar-refractivity contribution is 7.89. The molecule has 0 unspecified atom stereocenters. The molecule has 7 nitrogen and oxygen atoms in total. The lowest BCUT2D eigenvalue weighted by atomic mass is 10.1. The lowest BCUT2D eigenvalue weighted by Gasteiger charge is -2.29. The number of aromatic carboxylic acids is 1. The Balaban J connectivity index is 2.43. The third kappa shape index (κ3) is 3.17. The van der Waals surface area contributed by atoms with Crippen LogP contribution in [0, 0.1) is 0 Å². The third-order valence-electron chi connectivity index (χ3n) is 3.45. The summed E-state index contributed by atoms with van der Waals surface area (Å²) in [6.45, 7) is 0.397. The van der Waals surface area contributed by atoms with Gasteiger partial charge in [0.15, 0.2) is 0 Å². The van der Waals surface area contributed by atoms with Crippen LogP contribution in [-0.2, 0) is 10.0 Å². The minimum atomic E-state index is -3.85. The summed E-state index contributed by atoms with van der Waals surface area (Å²) in [5, 5.41) is 18.5. The predicted octanol–water partition coefficient (Wildman–Crippen LogP) is 0.539. The summed E-state index contributed by atoms with van der Waals surface area (Å²) in [6.07, 6.45) is 0.226. The van der Waals surface area contributed by atoms with Gasteiger partial charge in [-0.15, -0.1) is 0 Å². The molecule has 0 bridgehead atoms. The van der Waals surface area contributed by atoms with Gasteiger partial charge in [0, 0.05) is 13.1 Å². The molecule has 1 aliphatic rings. The number of nitrogens with zero attached hydrogens (tertiary/aromatic N) is 1. The van der Waals surface area contributed by atoms with Gasteiger partial charge in [0.25, 0.3) is 0 Å². The Bertz CT molecular complexity index is 634. The van der Waals surface area contributed by atoms with E-state index in [4.69, 9.17) is 9.84 Å². The summed E-state index contributed by atoms with van der Waals surface area (Å²) in [4.78, 5) is 10.9. The van der Waals surface area contributed by atoms with Crippen LogP contribution in [-0.4, -0.2) is 55.2 Å². The number of carboxylic acids is 1. The second-order valence-corrected chi connectivity index (χ2v) is 6.71. The first kappa shape index (κ1) is 15.7. The quantitative estimate of drug-likeness (QED) is 0.840. The molecule has 0 atom stereocenters. The zero-order valence-electron chi connectivity index (χ0n) is 11.5. The van der Waals surface area contributed by atoms with E-state index in [0.29, 0.717) is 12.8 Å². The van der Waals surface area contributed by atoms with Gasteiger partial charge in [-0.2, -0.15) is 4.31 Å². The normalized spacial score (nSPS) is 17.6. The van der Waals surface area contributed by atoms with Crippen LogP contribution in [0.5, 0.6) is 5.75 Å². The van der Waals surface area contributed by atoms with Gasteiger partial charge in [-0.3, -0.25) is 0 Å². The molecule has 1 aromatic rings. The van der Waals surface area contributed by atoms with Crippen LogP contribution >= 0.6 is 0 Å². The SMILES string of the molecule is COc1ccc(C(=O)O)cc1S(=O)(=O)N1CCC(O)CC1. The van der Waals surface area contributed by atoms with Gasteiger partial charge >= 0.3 is 5.97 Å². The third-order valence-corrected chi connectivity index (χ3v) is 5.37. The molecule has 21 heavy (non-hydrogen) atoms. The van der Waals surface area contributed by atoms with Crippen LogP contribution in [0.3, 0.4) is 0 Å². The summed E-state index contributed by atoms with van der Waals surface area (Å²) in [5.74, 6) is -1.10. The molecule has 116 valence electrons. The molecule has 0 spiro atoms. The molecule has 8 heteroatoms. The van der Waals surface area contributed by atoms with Crippen LogP contribution < -0.4 is 4.74 Å². The van der Waals surface area contributed by atoms with E-state index in [1.54, 1.807) is 0 Å². The van der Waals surface area contributed by atoms with Gasteiger partial charge in [0.2, 0.25) is 10.0 Å². The van der Waals surface area contributed by atoms with Crippen molar-refractivity contribution in [2.45, 2.75) is 23.8 Å². The van der Waals surface area contributed by atoms with E-state index in [0.717, 1.165) is 6.07 Å². The summed E-state index contributed by atoms with van der Waals surface area (Å²) in [5.41, 5.74) is -0.119. The predicted molar refractivity (Wildman–Crippen MR) is 74.0 cm³/mol. The molecule has 1 fully saturated rings. The molecule has 1 aliphatic heterocycles. The van der Waals surface area contributed by atoms with E-state index in [2.05, 4.69) is 0 Å². The number of ether oxygens (including phenoxy) is 1. The van der Waals surface area contributed by atoms with E-state index in [9.17, 15) is 18.3 Å². The zero-order valence-corrected chi connectivity index (χ0v) is 12.3. The first-order valence-corrected chi connectivity index (χ1v) is 7.90. The van der Waals surface area contributed by atoms with E-state index in [1.807, 2.05) is 0 Å². The maximum atomic E-state index is 12.6. The first-order valence-electron chi connectivity index (χ1n) is 6.46. The Morgan fingerprint density at radius 3 is 2.48 bits per heavy atom. The van der Waals surface area contributed by atoms with Crippen molar-refractivity contribution in [3.8, 4) is 5.75 Å². The lowest BCUT2D eigenvalue weighted by Crippen LogP contribution is -2.40. The Morgan fingerprint density at radius 2 is 1.95 bits per heavy atom. The highest BCUT2D eigenvalue weighted by Gasteiger charge is 2.31. The largest absolute Gasteiger partial charge is 0.495 e. The number of aliphatic hydroxyl groups is 1. The number of piperidine rings is 1. The molecule has 1 saturated heterocycles. The number of carbonyl (C=O) groups is 1. The minimum Gasteiger partial charge on any atom is -0.495 e. The first-order chi connectivity index (χ1) is 9.86. The van der Waals surface area contributed by atoms with E-state index in [-0.39, 0.29) is 29.3 Å². The second-order valence-electron chi connectivity index (χ2n) is 4.81. The molecule has 0 amide bonds. The smallest absolute Gasteiger partial charge is 0.335 e. The fourth-order valence-electron chi connectivity index (χ4n) is 2.23. The molecule has 0 aromatic heterocycles. The number of hydrogen-bond acceptors (Lipinski definition) is 5. The lowest BCUT2D eigenvalue weighted by molar-refractivity contribution is 0.0696. The average molecular weight is 315 g/mol. The molecule has 2 N–H and O–H groups in total. The molecule has 1 aromatic carbocycles. The number of methoxy groups -OCH3 is 1. The van der Waals surface area contributed by atoms with Gasteiger partial charge < -0.3 is 14.9 Å². The van der Waals surface area contributed by atoms with E-state index < -0.39 is 22.1 Å². The fourth-order valence-corrected chi connectivity index (χ4v) is 3.88. The summed E-state index contributed by atoms with van der Waals surface area (Å²) < 4.78 is 31.5. The van der Waals surface area contributed by atoms with Crippen LogP contribution in [0.2, 0.25) is 0 Å². The molecular weight excluding hydrogens is 298 g/mol. The van der Waals surface area contributed by atoms with Crippen LogP contribution in [0.1, 0.15) is 23.2 Å². The van der Waals surface area contributed by atoms with Gasteiger partial charge in [-0.1, -0.05) is 0 Å². The number of aliphatic hydroxyl groups excluding tert-OH is 1. The molecule has 0 radical (unpaired) electrons. The summed E-state index contributed by atoms with van der Waals surface area (Å²) in [6, 6.07) is 3.72. The number of benzene rings is 1. The number of sulfonamides is 1. The monoisotopic (exact) mass is 315 g/mol. The Hall–Kier alpha value is -1.64. The maximum absolute atomic E-state index is 12.6. The number of carboxylic acid groups (broad SMARTS) is 1. The topological polar surface area (TPSA) is 104 Å². The van der Waals surface area contributed by atoms with Gasteiger partial charge in [0.05, 0.1) is 18.8 Å². The molecule has 0 aliphatic carbocycles. The number of hydrogen-bond donors (Lipinski definition) is 2. The summed E-state index contributed by atoms with van der Waals surface area (Å²) in [7, 11) is -2.52. The second kappa shape index (κ2) is 6.00. The Morgan fingerprint density at radius 1 is 1.33 bits per heavy atom. The molecule has 2 rings (SSSR count). The van der Waals surface area contributed by atoms with Crippen molar-refractivity contribution in [3.05, 3.63) is 23.8 Å². The van der Waals surface area contributed by atoms with Crippen molar-refractivity contribution in [1.29, 1.82) is 0 Å².